The summed E-state index contributed by atoms with van der Waals surface area (Å²) in [5.74, 6) is 0. The average Bonchev–Trinajstić information content (AvgIpc) is 2.53. The maximum absolute atomic E-state index is 12.0. The largest absolute Gasteiger partial charge is 0.279 e. The summed E-state index contributed by atoms with van der Waals surface area (Å²) in [5, 5.41) is 10.3. The van der Waals surface area contributed by atoms with Crippen molar-refractivity contribution in [2.75, 3.05) is 0 Å². The van der Waals surface area contributed by atoms with Crippen molar-refractivity contribution in [2.45, 2.75) is 0 Å². The van der Waals surface area contributed by atoms with Crippen molar-refractivity contribution in [2.24, 2.45) is 0 Å². The molecular weight excluding hydrogens is 282 g/mol. The van der Waals surface area contributed by atoms with Crippen LogP contribution in [0, 0.1) is 11.3 Å². The van der Waals surface area contributed by atoms with Crippen LogP contribution >= 0.6 is 11.3 Å². The van der Waals surface area contributed by atoms with Crippen LogP contribution in [-0.2, 0) is 0 Å². The van der Waals surface area contributed by atoms with Crippen molar-refractivity contribution >= 4 is 33.1 Å². The van der Waals surface area contributed by atoms with Gasteiger partial charge in [-0.2, -0.15) is 10.2 Å². The molecule has 0 amide bonds. The Hall–Kier alpha value is -2.84. The van der Waals surface area contributed by atoms with E-state index in [0.717, 1.165) is 10.3 Å². The van der Waals surface area contributed by atoms with E-state index in [1.165, 1.54) is 11.3 Å². The summed E-state index contributed by atoms with van der Waals surface area (Å²) in [6.07, 6.45) is 5.00. The van der Waals surface area contributed by atoms with Gasteiger partial charge in [0.05, 0.1) is 11.0 Å². The van der Waals surface area contributed by atoms with Crippen LogP contribution in [0.15, 0.2) is 53.6 Å². The molecule has 0 N–H and O–H groups in total. The van der Waals surface area contributed by atoms with Crippen molar-refractivity contribution in [3.8, 4) is 6.07 Å². The van der Waals surface area contributed by atoms with Gasteiger partial charge in [-0.15, -0.1) is 11.3 Å². The summed E-state index contributed by atoms with van der Waals surface area (Å²) in [4.78, 5) is 20.0. The lowest BCUT2D eigenvalue weighted by molar-refractivity contribution is 1.28. The van der Waals surface area contributed by atoms with Gasteiger partial charge in [-0.1, -0.05) is 12.1 Å². The number of aromatic nitrogens is 2. The molecule has 0 bridgehead atoms. The number of hydrogen-bond donors (Lipinski definition) is 0. The highest BCUT2D eigenvalue weighted by molar-refractivity contribution is 7.19. The third-order valence-electron chi connectivity index (χ3n) is 2.90. The molecule has 2 aromatic heterocycles. The van der Waals surface area contributed by atoms with Crippen LogP contribution in [0.1, 0.15) is 10.6 Å². The first-order valence-electron chi connectivity index (χ1n) is 6.20. The van der Waals surface area contributed by atoms with Crippen molar-refractivity contribution < 1.29 is 0 Å². The summed E-state index contributed by atoms with van der Waals surface area (Å²) >= 11 is 1.34. The van der Waals surface area contributed by atoms with E-state index in [9.17, 15) is 10.1 Å². The number of pyridine rings is 1. The minimum absolute atomic E-state index is 0.310. The van der Waals surface area contributed by atoms with Gasteiger partial charge < -0.3 is 0 Å². The zero-order valence-corrected chi connectivity index (χ0v) is 11.7. The molecule has 0 spiro atoms. The van der Waals surface area contributed by atoms with E-state index in [0.29, 0.717) is 16.0 Å². The van der Waals surface area contributed by atoms with Gasteiger partial charge in [-0.05, 0) is 35.9 Å². The fourth-order valence-electron chi connectivity index (χ4n) is 1.90. The standard InChI is InChI=1S/C16H9N3OS/c17-10-12(9-11-5-7-18-8-6-11)16-19-15(20)13-3-1-2-4-14(13)21-16/h1-9H. The highest BCUT2D eigenvalue weighted by Crippen LogP contribution is 2.23. The predicted octanol–water partition coefficient (Wildman–Crippen LogP) is 3.12. The molecule has 0 aliphatic heterocycles. The molecule has 2 heterocycles. The van der Waals surface area contributed by atoms with Crippen LogP contribution in [0.25, 0.3) is 21.7 Å². The molecule has 5 heteroatoms. The summed E-state index contributed by atoms with van der Waals surface area (Å²) in [7, 11) is 0. The van der Waals surface area contributed by atoms with E-state index in [1.807, 2.05) is 12.1 Å². The van der Waals surface area contributed by atoms with E-state index >= 15 is 0 Å². The number of allylic oxidation sites excluding steroid dienone is 1. The Balaban J connectivity index is 2.17. The monoisotopic (exact) mass is 291 g/mol. The minimum atomic E-state index is -0.310. The van der Waals surface area contributed by atoms with Gasteiger partial charge in [-0.25, -0.2) is 0 Å². The minimum Gasteiger partial charge on any atom is -0.267 e. The SMILES string of the molecule is N#CC(=Cc1ccncc1)c1nc(=O)c2ccccc2s1. The summed E-state index contributed by atoms with van der Waals surface area (Å²) in [6.45, 7) is 0. The van der Waals surface area contributed by atoms with Crippen molar-refractivity contribution in [1.82, 2.24) is 9.97 Å². The fourth-order valence-corrected chi connectivity index (χ4v) is 2.86. The molecule has 0 radical (unpaired) electrons. The Morgan fingerprint density at radius 1 is 1.19 bits per heavy atom. The van der Waals surface area contributed by atoms with Crippen LogP contribution in [0.5, 0.6) is 0 Å². The van der Waals surface area contributed by atoms with Gasteiger partial charge in [0.15, 0.2) is 0 Å². The first kappa shape index (κ1) is 13.2. The topological polar surface area (TPSA) is 66.6 Å². The van der Waals surface area contributed by atoms with Gasteiger partial charge >= 0.3 is 0 Å². The molecule has 0 fully saturated rings. The number of nitriles is 1. The normalized spacial score (nSPS) is 11.3. The Bertz CT molecular complexity index is 923. The van der Waals surface area contributed by atoms with E-state index in [2.05, 4.69) is 16.0 Å². The molecule has 1 aromatic carbocycles. The van der Waals surface area contributed by atoms with Crippen molar-refractivity contribution in [3.05, 3.63) is 69.7 Å². The van der Waals surface area contributed by atoms with Gasteiger partial charge in [0, 0.05) is 17.1 Å². The molecule has 100 valence electrons. The first-order valence-corrected chi connectivity index (χ1v) is 7.01. The molecule has 0 atom stereocenters. The number of rotatable bonds is 2. The second-order valence-electron chi connectivity index (χ2n) is 4.27. The van der Waals surface area contributed by atoms with Crippen molar-refractivity contribution in [1.29, 1.82) is 5.26 Å². The van der Waals surface area contributed by atoms with Gasteiger partial charge in [0.25, 0.3) is 5.56 Å². The van der Waals surface area contributed by atoms with Gasteiger partial charge in [0.1, 0.15) is 11.1 Å². The zero-order valence-electron chi connectivity index (χ0n) is 10.9. The summed E-state index contributed by atoms with van der Waals surface area (Å²) in [5.41, 5.74) is 0.903. The smallest absolute Gasteiger partial charge is 0.267 e. The lowest BCUT2D eigenvalue weighted by Crippen LogP contribution is -2.07. The molecule has 0 unspecified atom stereocenters. The van der Waals surface area contributed by atoms with Crippen LogP contribution < -0.4 is 5.56 Å². The Labute approximate surface area is 124 Å². The van der Waals surface area contributed by atoms with E-state index in [1.54, 1.807) is 42.7 Å². The summed E-state index contributed by atoms with van der Waals surface area (Å²) in [6, 6.07) is 13.0. The molecule has 21 heavy (non-hydrogen) atoms. The van der Waals surface area contributed by atoms with E-state index in [-0.39, 0.29) is 5.56 Å². The number of hydrogen-bond acceptors (Lipinski definition) is 5. The molecule has 0 saturated heterocycles. The first-order chi connectivity index (χ1) is 10.3. The Morgan fingerprint density at radius 2 is 1.95 bits per heavy atom. The quantitative estimate of drug-likeness (QED) is 0.680. The summed E-state index contributed by atoms with van der Waals surface area (Å²) < 4.78 is 0.823. The van der Waals surface area contributed by atoms with E-state index < -0.39 is 0 Å². The van der Waals surface area contributed by atoms with Crippen LogP contribution in [0.2, 0.25) is 0 Å². The molecule has 3 aromatic rings. The van der Waals surface area contributed by atoms with E-state index in [4.69, 9.17) is 0 Å². The Morgan fingerprint density at radius 3 is 2.71 bits per heavy atom. The number of fused-ring (bicyclic) bond motifs is 1. The third kappa shape index (κ3) is 2.71. The highest BCUT2D eigenvalue weighted by atomic mass is 32.1. The lowest BCUT2D eigenvalue weighted by atomic mass is 10.2. The molecule has 3 rings (SSSR count). The third-order valence-corrected chi connectivity index (χ3v) is 3.98. The zero-order chi connectivity index (χ0) is 14.7. The molecule has 0 saturated carbocycles. The molecular formula is C16H9N3OS. The number of benzene rings is 1. The molecule has 0 aliphatic carbocycles. The average molecular weight is 291 g/mol. The highest BCUT2D eigenvalue weighted by Gasteiger charge is 2.08. The van der Waals surface area contributed by atoms with Gasteiger partial charge in [-0.3, -0.25) is 9.78 Å². The van der Waals surface area contributed by atoms with Gasteiger partial charge in [0.2, 0.25) is 0 Å². The fraction of sp³-hybridized carbons (Fsp3) is 0. The maximum atomic E-state index is 12.0. The second-order valence-corrected chi connectivity index (χ2v) is 5.30. The molecule has 0 aliphatic rings. The van der Waals surface area contributed by atoms with Crippen LogP contribution in [0.3, 0.4) is 0 Å². The Kier molecular flexibility index (Phi) is 3.54. The van der Waals surface area contributed by atoms with Crippen LogP contribution in [0.4, 0.5) is 0 Å². The lowest BCUT2D eigenvalue weighted by Gasteiger charge is -2.00. The van der Waals surface area contributed by atoms with Crippen molar-refractivity contribution in [3.63, 3.8) is 0 Å². The maximum Gasteiger partial charge on any atom is 0.279 e. The number of nitrogens with zero attached hydrogens (tertiary/aromatic N) is 3. The predicted molar refractivity (Wildman–Crippen MR) is 83.6 cm³/mol. The van der Waals surface area contributed by atoms with Crippen LogP contribution in [-0.4, -0.2) is 9.97 Å². The molecule has 4 nitrogen and oxygen atoms in total. The second kappa shape index (κ2) is 5.65.